The summed E-state index contributed by atoms with van der Waals surface area (Å²) in [6.07, 6.45) is -1.28. The van der Waals surface area contributed by atoms with Crippen LogP contribution < -0.4 is 5.32 Å². The van der Waals surface area contributed by atoms with Crippen molar-refractivity contribution in [3.05, 3.63) is 75.3 Å². The molecule has 0 aliphatic heterocycles. The Morgan fingerprint density at radius 3 is 2.61 bits per heavy atom. The Hall–Kier alpha value is -2.64. The number of aliphatic hydroxyl groups excluding tert-OH is 1. The number of nitrogens with one attached hydrogen (secondary N) is 1. The fraction of sp³-hybridized carbons (Fsp3) is 0.238. The molecule has 28 heavy (non-hydrogen) atoms. The number of amides is 1. The summed E-state index contributed by atoms with van der Waals surface area (Å²) in [6.45, 7) is 5.55. The Balaban J connectivity index is 1.73. The number of nitrogens with zero attached hydrogens (tertiary/aromatic N) is 1. The topological polar surface area (TPSA) is 62.2 Å². The van der Waals surface area contributed by atoms with Crippen LogP contribution in [0.1, 0.15) is 38.2 Å². The maximum atomic E-state index is 13.7. The molecular weight excluding hydrogens is 382 g/mol. The number of aliphatic hydroxyl groups is 1. The maximum absolute atomic E-state index is 13.7. The summed E-state index contributed by atoms with van der Waals surface area (Å²) in [7, 11) is 0. The summed E-state index contributed by atoms with van der Waals surface area (Å²) < 4.78 is 26.7. The van der Waals surface area contributed by atoms with Crippen molar-refractivity contribution >= 4 is 17.2 Å². The summed E-state index contributed by atoms with van der Waals surface area (Å²) in [5, 5.41) is 13.4. The van der Waals surface area contributed by atoms with Crippen LogP contribution in [0.15, 0.2) is 36.4 Å². The average molecular weight is 402 g/mol. The van der Waals surface area contributed by atoms with E-state index in [1.54, 1.807) is 6.92 Å². The molecule has 4 nitrogen and oxygen atoms in total. The Kier molecular flexibility index (Phi) is 5.86. The minimum atomic E-state index is -1.28. The Morgan fingerprint density at radius 1 is 1.18 bits per heavy atom. The van der Waals surface area contributed by atoms with Crippen LogP contribution in [0.25, 0.3) is 10.6 Å². The molecule has 1 amide bonds. The van der Waals surface area contributed by atoms with Crippen LogP contribution in [0.5, 0.6) is 0 Å². The van der Waals surface area contributed by atoms with Crippen LogP contribution in [-0.4, -0.2) is 22.5 Å². The Bertz CT molecular complexity index is 1030. The molecule has 3 rings (SSSR count). The lowest BCUT2D eigenvalue weighted by Crippen LogP contribution is -2.28. The average Bonchev–Trinajstić information content (AvgIpc) is 3.01. The predicted molar refractivity (Wildman–Crippen MR) is 105 cm³/mol. The van der Waals surface area contributed by atoms with Crippen molar-refractivity contribution < 1.29 is 18.7 Å². The van der Waals surface area contributed by atoms with Crippen molar-refractivity contribution in [2.45, 2.75) is 26.9 Å². The fourth-order valence-electron chi connectivity index (χ4n) is 2.93. The number of carbonyl (C=O) groups excluding carboxylic acids is 1. The third-order valence-electron chi connectivity index (χ3n) is 4.39. The highest BCUT2D eigenvalue weighted by Crippen LogP contribution is 2.30. The largest absolute Gasteiger partial charge is 0.386 e. The quantitative estimate of drug-likeness (QED) is 0.662. The second-order valence-corrected chi connectivity index (χ2v) is 7.64. The van der Waals surface area contributed by atoms with Gasteiger partial charge in [-0.3, -0.25) is 4.79 Å². The van der Waals surface area contributed by atoms with Crippen LogP contribution >= 0.6 is 11.3 Å². The van der Waals surface area contributed by atoms with Crippen LogP contribution in [0.2, 0.25) is 0 Å². The maximum Gasteiger partial charge on any atom is 0.263 e. The highest BCUT2D eigenvalue weighted by atomic mass is 32.1. The van der Waals surface area contributed by atoms with Crippen molar-refractivity contribution in [2.24, 2.45) is 0 Å². The van der Waals surface area contributed by atoms with Crippen LogP contribution in [0.4, 0.5) is 8.78 Å². The van der Waals surface area contributed by atoms with Crippen LogP contribution in [0, 0.1) is 32.4 Å². The molecule has 0 aliphatic rings. The number of aromatic nitrogens is 1. The summed E-state index contributed by atoms with van der Waals surface area (Å²) in [6, 6.07) is 8.95. The summed E-state index contributed by atoms with van der Waals surface area (Å²) in [5.41, 5.74) is 3.70. The van der Waals surface area contributed by atoms with E-state index in [1.807, 2.05) is 26.0 Å². The monoisotopic (exact) mass is 402 g/mol. The van der Waals surface area contributed by atoms with E-state index < -0.39 is 23.6 Å². The number of rotatable bonds is 5. The van der Waals surface area contributed by atoms with E-state index >= 15 is 0 Å². The number of carbonyl (C=O) groups is 1. The van der Waals surface area contributed by atoms with E-state index in [0.717, 1.165) is 33.8 Å². The lowest BCUT2D eigenvalue weighted by atomic mass is 10.1. The second kappa shape index (κ2) is 8.16. The van der Waals surface area contributed by atoms with E-state index in [0.29, 0.717) is 16.6 Å². The molecule has 0 fully saturated rings. The van der Waals surface area contributed by atoms with Gasteiger partial charge in [-0.1, -0.05) is 29.8 Å². The number of halogens is 2. The van der Waals surface area contributed by atoms with Crippen LogP contribution in [0.3, 0.4) is 0 Å². The Morgan fingerprint density at radius 2 is 1.93 bits per heavy atom. The standard InChI is InChI=1S/C21H20F2N2O2S/c1-11-4-6-15(12(2)8-11)21-25-13(3)19(28-21)20(27)24-10-18(26)16-7-5-14(22)9-17(16)23/h4-9,18,26H,10H2,1-3H3,(H,24,27). The van der Waals surface area contributed by atoms with Gasteiger partial charge >= 0.3 is 0 Å². The van der Waals surface area contributed by atoms with Gasteiger partial charge in [-0.2, -0.15) is 0 Å². The second-order valence-electron chi connectivity index (χ2n) is 6.64. The zero-order valence-corrected chi connectivity index (χ0v) is 16.5. The molecule has 1 aromatic heterocycles. The Labute approximate surface area is 165 Å². The molecule has 0 saturated carbocycles. The predicted octanol–water partition coefficient (Wildman–Crippen LogP) is 4.48. The van der Waals surface area contributed by atoms with Gasteiger partial charge < -0.3 is 10.4 Å². The summed E-state index contributed by atoms with van der Waals surface area (Å²) >= 11 is 1.26. The lowest BCUT2D eigenvalue weighted by Gasteiger charge is -2.13. The molecule has 0 aliphatic carbocycles. The molecule has 0 radical (unpaired) electrons. The van der Waals surface area contributed by atoms with Crippen molar-refractivity contribution in [1.29, 1.82) is 0 Å². The highest BCUT2D eigenvalue weighted by Gasteiger charge is 2.19. The molecule has 146 valence electrons. The zero-order chi connectivity index (χ0) is 20.4. The number of benzene rings is 2. The van der Waals surface area contributed by atoms with E-state index in [4.69, 9.17) is 0 Å². The van der Waals surface area contributed by atoms with Crippen molar-refractivity contribution in [3.8, 4) is 10.6 Å². The third-order valence-corrected chi connectivity index (χ3v) is 5.58. The first-order valence-electron chi connectivity index (χ1n) is 8.72. The number of thiazole rings is 1. The minimum Gasteiger partial charge on any atom is -0.386 e. The molecule has 0 saturated heterocycles. The molecular formula is C21H20F2N2O2S. The van der Waals surface area contributed by atoms with Gasteiger partial charge in [0.1, 0.15) is 21.5 Å². The van der Waals surface area contributed by atoms with Gasteiger partial charge in [0.05, 0.1) is 11.8 Å². The number of hydrogen-bond acceptors (Lipinski definition) is 4. The SMILES string of the molecule is Cc1ccc(-c2nc(C)c(C(=O)NCC(O)c3ccc(F)cc3F)s2)c(C)c1. The number of aryl methyl sites for hydroxylation is 3. The van der Waals surface area contributed by atoms with Gasteiger partial charge in [0.25, 0.3) is 5.91 Å². The molecule has 0 spiro atoms. The van der Waals surface area contributed by atoms with Crippen molar-refractivity contribution in [1.82, 2.24) is 10.3 Å². The molecule has 1 unspecified atom stereocenters. The van der Waals surface area contributed by atoms with Gasteiger partial charge in [0.15, 0.2) is 0 Å². The van der Waals surface area contributed by atoms with E-state index in [2.05, 4.69) is 16.4 Å². The lowest BCUT2D eigenvalue weighted by molar-refractivity contribution is 0.0917. The summed E-state index contributed by atoms with van der Waals surface area (Å²) in [5.74, 6) is -1.97. The molecule has 7 heteroatoms. The van der Waals surface area contributed by atoms with Gasteiger partial charge in [-0.15, -0.1) is 11.3 Å². The van der Waals surface area contributed by atoms with E-state index in [1.165, 1.54) is 11.3 Å². The first-order chi connectivity index (χ1) is 13.3. The fourth-order valence-corrected chi connectivity index (χ4v) is 4.00. The van der Waals surface area contributed by atoms with Gasteiger partial charge in [-0.25, -0.2) is 13.8 Å². The molecule has 0 bridgehead atoms. The van der Waals surface area contributed by atoms with E-state index in [-0.39, 0.29) is 12.1 Å². The summed E-state index contributed by atoms with van der Waals surface area (Å²) in [4.78, 5) is 17.4. The van der Waals surface area contributed by atoms with Crippen molar-refractivity contribution in [3.63, 3.8) is 0 Å². The van der Waals surface area contributed by atoms with Gasteiger partial charge in [0.2, 0.25) is 0 Å². The van der Waals surface area contributed by atoms with Gasteiger partial charge in [0, 0.05) is 23.7 Å². The zero-order valence-electron chi connectivity index (χ0n) is 15.7. The first-order valence-corrected chi connectivity index (χ1v) is 9.54. The number of hydrogen-bond donors (Lipinski definition) is 2. The molecule has 2 N–H and O–H groups in total. The van der Waals surface area contributed by atoms with Crippen molar-refractivity contribution in [2.75, 3.05) is 6.54 Å². The molecule has 3 aromatic rings. The highest BCUT2D eigenvalue weighted by molar-refractivity contribution is 7.17. The van der Waals surface area contributed by atoms with Crippen LogP contribution in [-0.2, 0) is 0 Å². The third kappa shape index (κ3) is 4.26. The normalized spacial score (nSPS) is 12.1. The van der Waals surface area contributed by atoms with E-state index in [9.17, 15) is 18.7 Å². The molecule has 1 heterocycles. The van der Waals surface area contributed by atoms with Gasteiger partial charge in [-0.05, 0) is 32.4 Å². The minimum absolute atomic E-state index is 0.0707. The molecule has 2 aromatic carbocycles. The first kappa shape index (κ1) is 20.1. The molecule has 1 atom stereocenters. The smallest absolute Gasteiger partial charge is 0.263 e.